The predicted molar refractivity (Wildman–Crippen MR) is 75.6 cm³/mol. The largest absolute Gasteiger partial charge is 0.468 e. The van der Waals surface area contributed by atoms with Crippen molar-refractivity contribution < 1.29 is 4.42 Å². The third-order valence-electron chi connectivity index (χ3n) is 2.82. The molecule has 0 radical (unpaired) electrons. The molecule has 2 aromatic rings. The molecule has 3 nitrogen and oxygen atoms in total. The lowest BCUT2D eigenvalue weighted by atomic mass is 10.2. The number of nitrogens with zero attached hydrogens (tertiary/aromatic N) is 1. The first-order valence-electron chi connectivity index (χ1n) is 6.26. The Labute approximate surface area is 112 Å². The van der Waals surface area contributed by atoms with Gasteiger partial charge >= 0.3 is 0 Å². The van der Waals surface area contributed by atoms with Crippen LogP contribution in [0.2, 0.25) is 0 Å². The van der Waals surface area contributed by atoms with Crippen LogP contribution in [0, 0.1) is 0 Å². The quantitative estimate of drug-likeness (QED) is 0.833. The second kappa shape index (κ2) is 6.73. The van der Waals surface area contributed by atoms with Gasteiger partial charge in [-0.25, -0.2) is 0 Å². The van der Waals surface area contributed by atoms with Crippen molar-refractivity contribution in [3.05, 3.63) is 46.0 Å². The van der Waals surface area contributed by atoms with E-state index in [9.17, 15) is 0 Å². The summed E-state index contributed by atoms with van der Waals surface area (Å²) in [6.07, 6.45) is 1.78. The van der Waals surface area contributed by atoms with Gasteiger partial charge in [-0.1, -0.05) is 13.0 Å². The molecule has 0 atom stereocenters. The van der Waals surface area contributed by atoms with E-state index in [1.807, 2.05) is 0 Å². The summed E-state index contributed by atoms with van der Waals surface area (Å²) in [5.74, 6) is 1.06. The zero-order valence-electron chi connectivity index (χ0n) is 11.0. The van der Waals surface area contributed by atoms with E-state index in [2.05, 4.69) is 47.8 Å². The van der Waals surface area contributed by atoms with E-state index in [1.54, 1.807) is 17.6 Å². The normalized spacial score (nSPS) is 11.3. The minimum absolute atomic E-state index is 0.853. The number of hydrogen-bond donors (Lipinski definition) is 1. The smallest absolute Gasteiger partial charge is 0.122 e. The Morgan fingerprint density at radius 2 is 2.22 bits per heavy atom. The summed E-state index contributed by atoms with van der Waals surface area (Å²) in [5, 5.41) is 5.45. The fraction of sp³-hybridized carbons (Fsp3) is 0.429. The Morgan fingerprint density at radius 1 is 1.33 bits per heavy atom. The van der Waals surface area contributed by atoms with Gasteiger partial charge in [0, 0.05) is 23.5 Å². The first-order chi connectivity index (χ1) is 8.79. The topological polar surface area (TPSA) is 28.4 Å². The van der Waals surface area contributed by atoms with Crippen molar-refractivity contribution in [3.63, 3.8) is 0 Å². The van der Waals surface area contributed by atoms with Gasteiger partial charge in [-0.15, -0.1) is 11.3 Å². The second-order valence-electron chi connectivity index (χ2n) is 4.40. The van der Waals surface area contributed by atoms with Crippen LogP contribution >= 0.6 is 11.3 Å². The molecule has 0 aliphatic heterocycles. The third kappa shape index (κ3) is 3.70. The van der Waals surface area contributed by atoms with E-state index >= 15 is 0 Å². The average Bonchev–Trinajstić information content (AvgIpc) is 2.98. The molecule has 0 spiro atoms. The molecule has 0 aliphatic carbocycles. The molecule has 0 saturated heterocycles. The SMILES string of the molecule is CCNCc1ccoc1CN(C)Cc1cccs1. The molecule has 0 aromatic carbocycles. The van der Waals surface area contributed by atoms with Crippen LogP contribution in [0.15, 0.2) is 34.3 Å². The Hall–Kier alpha value is -1.10. The molecule has 1 N–H and O–H groups in total. The van der Waals surface area contributed by atoms with Gasteiger partial charge in [0.2, 0.25) is 0 Å². The van der Waals surface area contributed by atoms with Gasteiger partial charge in [-0.3, -0.25) is 4.90 Å². The first-order valence-corrected chi connectivity index (χ1v) is 7.14. The van der Waals surface area contributed by atoms with Gasteiger partial charge in [-0.2, -0.15) is 0 Å². The summed E-state index contributed by atoms with van der Waals surface area (Å²) < 4.78 is 5.57. The molecular weight excluding hydrogens is 244 g/mol. The maximum Gasteiger partial charge on any atom is 0.122 e. The average molecular weight is 264 g/mol. The lowest BCUT2D eigenvalue weighted by Crippen LogP contribution is -2.18. The van der Waals surface area contributed by atoms with E-state index in [-0.39, 0.29) is 0 Å². The summed E-state index contributed by atoms with van der Waals surface area (Å²) in [6, 6.07) is 6.32. The van der Waals surface area contributed by atoms with Gasteiger partial charge < -0.3 is 9.73 Å². The Kier molecular flexibility index (Phi) is 4.99. The van der Waals surface area contributed by atoms with E-state index in [4.69, 9.17) is 4.42 Å². The van der Waals surface area contributed by atoms with Crippen molar-refractivity contribution in [3.8, 4) is 0 Å². The third-order valence-corrected chi connectivity index (χ3v) is 3.68. The van der Waals surface area contributed by atoms with Crippen molar-refractivity contribution in [2.45, 2.75) is 26.6 Å². The molecule has 0 bridgehead atoms. The highest BCUT2D eigenvalue weighted by molar-refractivity contribution is 7.09. The van der Waals surface area contributed by atoms with Gasteiger partial charge in [-0.05, 0) is 31.1 Å². The van der Waals surface area contributed by atoms with Gasteiger partial charge in [0.25, 0.3) is 0 Å². The molecule has 98 valence electrons. The highest BCUT2D eigenvalue weighted by Gasteiger charge is 2.09. The molecule has 2 heterocycles. The van der Waals surface area contributed by atoms with Crippen LogP contribution in [-0.4, -0.2) is 18.5 Å². The molecule has 18 heavy (non-hydrogen) atoms. The van der Waals surface area contributed by atoms with Crippen molar-refractivity contribution in [2.24, 2.45) is 0 Å². The fourth-order valence-corrected chi connectivity index (χ4v) is 2.68. The van der Waals surface area contributed by atoms with Gasteiger partial charge in [0.05, 0.1) is 12.8 Å². The number of rotatable bonds is 7. The molecular formula is C14H20N2OS. The lowest BCUT2D eigenvalue weighted by molar-refractivity contribution is 0.288. The second-order valence-corrected chi connectivity index (χ2v) is 5.43. The van der Waals surface area contributed by atoms with Crippen molar-refractivity contribution in [1.82, 2.24) is 10.2 Å². The molecule has 4 heteroatoms. The minimum atomic E-state index is 0.853. The summed E-state index contributed by atoms with van der Waals surface area (Å²) in [6.45, 7) is 5.80. The number of thiophene rings is 1. The Balaban J connectivity index is 1.90. The molecule has 0 unspecified atom stereocenters. The molecule has 2 rings (SSSR count). The molecule has 0 aliphatic rings. The van der Waals surface area contributed by atoms with Crippen LogP contribution in [0.5, 0.6) is 0 Å². The van der Waals surface area contributed by atoms with Crippen LogP contribution in [0.25, 0.3) is 0 Å². The van der Waals surface area contributed by atoms with Crippen LogP contribution in [0.3, 0.4) is 0 Å². The monoisotopic (exact) mass is 264 g/mol. The predicted octanol–water partition coefficient (Wildman–Crippen LogP) is 3.08. The van der Waals surface area contributed by atoms with E-state index in [0.29, 0.717) is 0 Å². The zero-order chi connectivity index (χ0) is 12.8. The van der Waals surface area contributed by atoms with Crippen LogP contribution in [-0.2, 0) is 19.6 Å². The van der Waals surface area contributed by atoms with Crippen LogP contribution < -0.4 is 5.32 Å². The highest BCUT2D eigenvalue weighted by Crippen LogP contribution is 2.16. The Morgan fingerprint density at radius 3 is 2.94 bits per heavy atom. The van der Waals surface area contributed by atoms with Crippen molar-refractivity contribution >= 4 is 11.3 Å². The van der Waals surface area contributed by atoms with E-state index < -0.39 is 0 Å². The Bertz CT molecular complexity index is 450. The van der Waals surface area contributed by atoms with Gasteiger partial charge in [0.15, 0.2) is 0 Å². The van der Waals surface area contributed by atoms with Crippen molar-refractivity contribution in [1.29, 1.82) is 0 Å². The first kappa shape index (κ1) is 13.3. The van der Waals surface area contributed by atoms with Crippen molar-refractivity contribution in [2.75, 3.05) is 13.6 Å². The lowest BCUT2D eigenvalue weighted by Gasteiger charge is -2.15. The molecule has 0 fully saturated rings. The highest BCUT2D eigenvalue weighted by atomic mass is 32.1. The summed E-state index contributed by atoms with van der Waals surface area (Å²) >= 11 is 1.80. The zero-order valence-corrected chi connectivity index (χ0v) is 11.8. The van der Waals surface area contributed by atoms with Crippen LogP contribution in [0.1, 0.15) is 23.1 Å². The summed E-state index contributed by atoms with van der Waals surface area (Å²) in [5.41, 5.74) is 1.26. The number of hydrogen-bond acceptors (Lipinski definition) is 4. The summed E-state index contributed by atoms with van der Waals surface area (Å²) in [4.78, 5) is 3.66. The fourth-order valence-electron chi connectivity index (χ4n) is 1.89. The van der Waals surface area contributed by atoms with Crippen LogP contribution in [0.4, 0.5) is 0 Å². The molecule has 2 aromatic heterocycles. The van der Waals surface area contributed by atoms with E-state index in [0.717, 1.165) is 31.9 Å². The van der Waals surface area contributed by atoms with E-state index in [1.165, 1.54) is 10.4 Å². The van der Waals surface area contributed by atoms with Gasteiger partial charge in [0.1, 0.15) is 5.76 Å². The maximum atomic E-state index is 5.57. The maximum absolute atomic E-state index is 5.57. The number of nitrogens with one attached hydrogen (secondary N) is 1. The summed E-state index contributed by atoms with van der Waals surface area (Å²) in [7, 11) is 2.12. The standard InChI is InChI=1S/C14H20N2OS/c1-3-15-9-12-6-7-17-14(12)11-16(2)10-13-5-4-8-18-13/h4-8,15H,3,9-11H2,1-2H3. The number of furan rings is 1. The molecule has 0 amide bonds. The minimum Gasteiger partial charge on any atom is -0.468 e. The molecule has 0 saturated carbocycles.